The molecular weight excluding hydrogens is 242 g/mol. The molecule has 19 heavy (non-hydrogen) atoms. The Morgan fingerprint density at radius 2 is 2.11 bits per heavy atom. The maximum Gasteiger partial charge on any atom is 0.338 e. The number of furan rings is 1. The smallest absolute Gasteiger partial charge is 0.338 e. The van der Waals surface area contributed by atoms with Crippen molar-refractivity contribution in [3.05, 3.63) is 23.7 Å². The average Bonchev–Trinajstić information content (AvgIpc) is 3.09. The highest BCUT2D eigenvalue weighted by molar-refractivity contribution is 5.87. The van der Waals surface area contributed by atoms with Crippen molar-refractivity contribution in [2.45, 2.75) is 51.1 Å². The van der Waals surface area contributed by atoms with Crippen molar-refractivity contribution in [2.75, 3.05) is 6.54 Å². The van der Waals surface area contributed by atoms with Crippen molar-refractivity contribution in [3.63, 3.8) is 0 Å². The average molecular weight is 263 g/mol. The summed E-state index contributed by atoms with van der Waals surface area (Å²) >= 11 is 0. The van der Waals surface area contributed by atoms with Crippen LogP contribution in [-0.2, 0) is 6.54 Å². The van der Waals surface area contributed by atoms with Crippen molar-refractivity contribution >= 4 is 5.97 Å². The van der Waals surface area contributed by atoms with Gasteiger partial charge in [-0.1, -0.05) is 12.8 Å². The maximum atomic E-state index is 10.9. The van der Waals surface area contributed by atoms with Gasteiger partial charge in [0.05, 0.1) is 12.1 Å². The van der Waals surface area contributed by atoms with E-state index < -0.39 is 5.97 Å². The molecule has 104 valence electrons. The highest BCUT2D eigenvalue weighted by Crippen LogP contribution is 2.36. The molecule has 4 heteroatoms. The van der Waals surface area contributed by atoms with E-state index >= 15 is 0 Å². The Morgan fingerprint density at radius 3 is 2.79 bits per heavy atom. The number of aromatic carboxylic acids is 1. The summed E-state index contributed by atoms with van der Waals surface area (Å²) in [7, 11) is 0. The van der Waals surface area contributed by atoms with Crippen LogP contribution in [0.4, 0.5) is 0 Å². The number of hydrogen-bond donors (Lipinski definition) is 1. The normalized spacial score (nSPS) is 25.2. The number of carboxylic acids is 1. The van der Waals surface area contributed by atoms with Crippen LogP contribution >= 0.6 is 0 Å². The lowest BCUT2D eigenvalue weighted by Crippen LogP contribution is -2.34. The Morgan fingerprint density at radius 1 is 1.32 bits per heavy atom. The van der Waals surface area contributed by atoms with E-state index in [4.69, 9.17) is 9.52 Å². The van der Waals surface area contributed by atoms with Gasteiger partial charge in [0, 0.05) is 6.04 Å². The molecule has 2 fully saturated rings. The van der Waals surface area contributed by atoms with Gasteiger partial charge in [-0.25, -0.2) is 4.79 Å². The summed E-state index contributed by atoms with van der Waals surface area (Å²) in [4.78, 5) is 13.3. The lowest BCUT2D eigenvalue weighted by molar-refractivity contribution is 0.0696. The van der Waals surface area contributed by atoms with Crippen molar-refractivity contribution < 1.29 is 14.3 Å². The van der Waals surface area contributed by atoms with E-state index in [2.05, 4.69) is 4.90 Å². The SMILES string of the molecule is O=C(O)c1coc(CN2CCCC2C2CCCC2)c1. The Bertz CT molecular complexity index is 448. The van der Waals surface area contributed by atoms with Gasteiger partial charge in [-0.2, -0.15) is 0 Å². The van der Waals surface area contributed by atoms with E-state index in [1.807, 2.05) is 0 Å². The topological polar surface area (TPSA) is 53.7 Å². The zero-order valence-corrected chi connectivity index (χ0v) is 11.2. The molecular formula is C15H21NO3. The highest BCUT2D eigenvalue weighted by atomic mass is 16.4. The van der Waals surface area contributed by atoms with E-state index in [0.29, 0.717) is 6.04 Å². The predicted molar refractivity (Wildman–Crippen MR) is 71.1 cm³/mol. The van der Waals surface area contributed by atoms with Crippen molar-refractivity contribution in [3.8, 4) is 0 Å². The van der Waals surface area contributed by atoms with Crippen molar-refractivity contribution in [1.82, 2.24) is 4.90 Å². The van der Waals surface area contributed by atoms with Gasteiger partial charge in [0.2, 0.25) is 0 Å². The van der Waals surface area contributed by atoms with Gasteiger partial charge in [0.15, 0.2) is 0 Å². The second-order valence-corrected chi connectivity index (χ2v) is 5.83. The lowest BCUT2D eigenvalue weighted by Gasteiger charge is -2.28. The Labute approximate surface area is 113 Å². The van der Waals surface area contributed by atoms with Gasteiger partial charge in [0.25, 0.3) is 0 Å². The Balaban J connectivity index is 1.65. The van der Waals surface area contributed by atoms with E-state index in [-0.39, 0.29) is 5.56 Å². The fraction of sp³-hybridized carbons (Fsp3) is 0.667. The zero-order valence-electron chi connectivity index (χ0n) is 11.2. The monoisotopic (exact) mass is 263 g/mol. The fourth-order valence-corrected chi connectivity index (χ4v) is 3.70. The Kier molecular flexibility index (Phi) is 3.60. The minimum absolute atomic E-state index is 0.256. The van der Waals surface area contributed by atoms with Gasteiger partial charge in [-0.15, -0.1) is 0 Å². The van der Waals surface area contributed by atoms with Crippen LogP contribution in [0.3, 0.4) is 0 Å². The number of likely N-dealkylation sites (tertiary alicyclic amines) is 1. The first-order valence-electron chi connectivity index (χ1n) is 7.29. The number of carboxylic acid groups (broad SMARTS) is 1. The van der Waals surface area contributed by atoms with E-state index in [0.717, 1.165) is 24.8 Å². The molecule has 1 atom stereocenters. The summed E-state index contributed by atoms with van der Waals surface area (Å²) in [5.74, 6) is 0.711. The van der Waals surface area contributed by atoms with Crippen LogP contribution < -0.4 is 0 Å². The summed E-state index contributed by atoms with van der Waals surface area (Å²) in [5, 5.41) is 8.91. The fourth-order valence-electron chi connectivity index (χ4n) is 3.70. The van der Waals surface area contributed by atoms with Crippen LogP contribution in [0.2, 0.25) is 0 Å². The molecule has 1 saturated heterocycles. The number of hydrogen-bond acceptors (Lipinski definition) is 3. The van der Waals surface area contributed by atoms with Gasteiger partial charge >= 0.3 is 5.97 Å². The van der Waals surface area contributed by atoms with Crippen LogP contribution in [-0.4, -0.2) is 28.6 Å². The third-order valence-electron chi connectivity index (χ3n) is 4.62. The third-order valence-corrected chi connectivity index (χ3v) is 4.62. The summed E-state index contributed by atoms with van der Waals surface area (Å²) in [6, 6.07) is 2.34. The molecule has 4 nitrogen and oxygen atoms in total. The molecule has 1 N–H and O–H groups in total. The molecule has 1 aromatic heterocycles. The molecule has 0 radical (unpaired) electrons. The van der Waals surface area contributed by atoms with Gasteiger partial charge in [-0.3, -0.25) is 4.90 Å². The van der Waals surface area contributed by atoms with Crippen LogP contribution in [0, 0.1) is 5.92 Å². The lowest BCUT2D eigenvalue weighted by atomic mass is 9.96. The zero-order chi connectivity index (χ0) is 13.2. The highest BCUT2D eigenvalue weighted by Gasteiger charge is 2.33. The molecule has 2 aliphatic rings. The second-order valence-electron chi connectivity index (χ2n) is 5.83. The molecule has 1 unspecified atom stereocenters. The minimum atomic E-state index is -0.913. The molecule has 0 bridgehead atoms. The molecule has 2 heterocycles. The third kappa shape index (κ3) is 2.68. The number of nitrogens with zero attached hydrogens (tertiary/aromatic N) is 1. The molecule has 1 aromatic rings. The first kappa shape index (κ1) is 12.7. The number of rotatable bonds is 4. The summed E-state index contributed by atoms with van der Waals surface area (Å²) in [6.45, 7) is 1.87. The van der Waals surface area contributed by atoms with E-state index in [9.17, 15) is 4.79 Å². The maximum absolute atomic E-state index is 10.9. The van der Waals surface area contributed by atoms with Crippen LogP contribution in [0.15, 0.2) is 16.7 Å². The van der Waals surface area contributed by atoms with Crippen molar-refractivity contribution in [2.24, 2.45) is 5.92 Å². The van der Waals surface area contributed by atoms with Crippen LogP contribution in [0.1, 0.15) is 54.6 Å². The minimum Gasteiger partial charge on any atom is -0.478 e. The summed E-state index contributed by atoms with van der Waals surface area (Å²) in [5.41, 5.74) is 0.256. The van der Waals surface area contributed by atoms with Crippen LogP contribution in [0.5, 0.6) is 0 Å². The molecule has 0 aromatic carbocycles. The summed E-state index contributed by atoms with van der Waals surface area (Å²) in [6.07, 6.45) is 9.36. The number of carbonyl (C=O) groups is 1. The molecule has 1 saturated carbocycles. The predicted octanol–water partition coefficient (Wildman–Crippen LogP) is 3.13. The molecule has 1 aliphatic heterocycles. The Hall–Kier alpha value is -1.29. The molecule has 0 spiro atoms. The van der Waals surface area contributed by atoms with E-state index in [1.54, 1.807) is 6.07 Å². The van der Waals surface area contributed by atoms with E-state index in [1.165, 1.54) is 44.8 Å². The van der Waals surface area contributed by atoms with Gasteiger partial charge in [0.1, 0.15) is 12.0 Å². The first-order valence-corrected chi connectivity index (χ1v) is 7.29. The molecule has 3 rings (SSSR count). The summed E-state index contributed by atoms with van der Waals surface area (Å²) < 4.78 is 5.38. The quantitative estimate of drug-likeness (QED) is 0.906. The first-order chi connectivity index (χ1) is 9.24. The second kappa shape index (κ2) is 5.37. The molecule has 0 amide bonds. The largest absolute Gasteiger partial charge is 0.478 e. The standard InChI is InChI=1S/C15H21NO3/c17-15(18)12-8-13(19-10-12)9-16-7-3-6-14(16)11-4-1-2-5-11/h8,10-11,14H,1-7,9H2,(H,17,18). The molecule has 1 aliphatic carbocycles. The van der Waals surface area contributed by atoms with Crippen LogP contribution in [0.25, 0.3) is 0 Å². The van der Waals surface area contributed by atoms with Gasteiger partial charge in [-0.05, 0) is 44.2 Å². The van der Waals surface area contributed by atoms with Crippen molar-refractivity contribution in [1.29, 1.82) is 0 Å². The van der Waals surface area contributed by atoms with Gasteiger partial charge < -0.3 is 9.52 Å².